The lowest BCUT2D eigenvalue weighted by atomic mass is 9.89. The maximum absolute atomic E-state index is 9.49. The van der Waals surface area contributed by atoms with Gasteiger partial charge in [0, 0.05) is 19.2 Å². The van der Waals surface area contributed by atoms with Crippen LogP contribution in [0.15, 0.2) is 0 Å². The van der Waals surface area contributed by atoms with E-state index in [0.717, 1.165) is 38.8 Å². The van der Waals surface area contributed by atoms with Crippen molar-refractivity contribution in [3.63, 3.8) is 0 Å². The van der Waals surface area contributed by atoms with Crippen LogP contribution in [0.25, 0.3) is 0 Å². The second-order valence-corrected chi connectivity index (χ2v) is 4.10. The van der Waals surface area contributed by atoms with Crippen molar-refractivity contribution < 1.29 is 9.84 Å². The van der Waals surface area contributed by atoms with Crippen molar-refractivity contribution in [3.8, 4) is 0 Å². The highest BCUT2D eigenvalue weighted by Crippen LogP contribution is 2.23. The number of ether oxygens (including phenoxy) is 1. The molecule has 3 nitrogen and oxygen atoms in total. The summed E-state index contributed by atoms with van der Waals surface area (Å²) in [4.78, 5) is 0. The normalized spacial score (nSPS) is 28.5. The van der Waals surface area contributed by atoms with Gasteiger partial charge in [0.1, 0.15) is 0 Å². The van der Waals surface area contributed by atoms with Crippen molar-refractivity contribution >= 4 is 0 Å². The summed E-state index contributed by atoms with van der Waals surface area (Å²) in [6.07, 6.45) is 4.44. The predicted molar refractivity (Wildman–Crippen MR) is 57.4 cm³/mol. The van der Waals surface area contributed by atoms with Gasteiger partial charge in [-0.1, -0.05) is 13.3 Å². The highest BCUT2D eigenvalue weighted by molar-refractivity contribution is 4.86. The largest absolute Gasteiger partial charge is 0.392 e. The van der Waals surface area contributed by atoms with Gasteiger partial charge in [-0.2, -0.15) is 0 Å². The zero-order valence-corrected chi connectivity index (χ0v) is 9.33. The molecule has 2 N–H and O–H groups in total. The fraction of sp³-hybridized carbons (Fsp3) is 1.00. The molecule has 0 aliphatic heterocycles. The Morgan fingerprint density at radius 2 is 2.14 bits per heavy atom. The van der Waals surface area contributed by atoms with Crippen LogP contribution in [0.4, 0.5) is 0 Å². The highest BCUT2D eigenvalue weighted by atomic mass is 16.5. The van der Waals surface area contributed by atoms with Crippen LogP contribution >= 0.6 is 0 Å². The van der Waals surface area contributed by atoms with Crippen LogP contribution in [0.1, 0.15) is 39.5 Å². The summed E-state index contributed by atoms with van der Waals surface area (Å²) in [6, 6.07) is 0.568. The second-order valence-electron chi connectivity index (χ2n) is 4.10. The highest BCUT2D eigenvalue weighted by Gasteiger charge is 2.29. The van der Waals surface area contributed by atoms with Crippen LogP contribution in [-0.4, -0.2) is 36.5 Å². The molecule has 0 saturated heterocycles. The molecule has 14 heavy (non-hydrogen) atoms. The average molecular weight is 201 g/mol. The lowest BCUT2D eigenvalue weighted by Crippen LogP contribution is -2.47. The first-order valence-electron chi connectivity index (χ1n) is 5.79. The number of aliphatic hydroxyl groups excluding tert-OH is 1. The van der Waals surface area contributed by atoms with Gasteiger partial charge in [0.05, 0.1) is 12.2 Å². The van der Waals surface area contributed by atoms with E-state index in [1.54, 1.807) is 0 Å². The molecule has 0 bridgehead atoms. The smallest absolute Gasteiger partial charge is 0.0664 e. The molecular weight excluding hydrogens is 178 g/mol. The third kappa shape index (κ3) is 3.95. The summed E-state index contributed by atoms with van der Waals surface area (Å²) < 4.78 is 5.46. The Bertz CT molecular complexity index is 146. The van der Waals surface area contributed by atoms with E-state index in [1.165, 1.54) is 0 Å². The number of hydrogen-bond acceptors (Lipinski definition) is 3. The van der Waals surface area contributed by atoms with Crippen molar-refractivity contribution in [3.05, 3.63) is 0 Å². The van der Waals surface area contributed by atoms with E-state index < -0.39 is 0 Å². The Morgan fingerprint density at radius 1 is 1.43 bits per heavy atom. The van der Waals surface area contributed by atoms with Crippen molar-refractivity contribution in [2.75, 3.05) is 13.2 Å². The van der Waals surface area contributed by atoms with E-state index in [0.29, 0.717) is 12.1 Å². The van der Waals surface area contributed by atoms with Crippen molar-refractivity contribution in [2.24, 2.45) is 0 Å². The van der Waals surface area contributed by atoms with Gasteiger partial charge in [-0.05, 0) is 26.2 Å². The summed E-state index contributed by atoms with van der Waals surface area (Å²) in [5.74, 6) is 0. The van der Waals surface area contributed by atoms with E-state index in [2.05, 4.69) is 12.2 Å². The Morgan fingerprint density at radius 3 is 2.71 bits per heavy atom. The van der Waals surface area contributed by atoms with Crippen LogP contribution in [0, 0.1) is 0 Å². The maximum Gasteiger partial charge on any atom is 0.0664 e. The standard InChI is InChI=1S/C11H23NO2/c1-3-5-10(13)8-12-9-6-11(7-9)14-4-2/h9-13H,3-8H2,1-2H3. The van der Waals surface area contributed by atoms with Gasteiger partial charge >= 0.3 is 0 Å². The van der Waals surface area contributed by atoms with Crippen molar-refractivity contribution in [2.45, 2.75) is 57.8 Å². The zero-order valence-electron chi connectivity index (χ0n) is 9.33. The van der Waals surface area contributed by atoms with Crippen LogP contribution in [-0.2, 0) is 4.74 Å². The monoisotopic (exact) mass is 201 g/mol. The van der Waals surface area contributed by atoms with Crippen LogP contribution in [0.5, 0.6) is 0 Å². The van der Waals surface area contributed by atoms with Gasteiger partial charge in [0.2, 0.25) is 0 Å². The molecule has 0 aromatic rings. The third-order valence-electron chi connectivity index (χ3n) is 2.76. The molecule has 1 saturated carbocycles. The van der Waals surface area contributed by atoms with Crippen molar-refractivity contribution in [1.29, 1.82) is 0 Å². The minimum absolute atomic E-state index is 0.175. The molecule has 1 fully saturated rings. The summed E-state index contributed by atoms with van der Waals surface area (Å²) in [7, 11) is 0. The minimum Gasteiger partial charge on any atom is -0.392 e. The summed E-state index contributed by atoms with van der Waals surface area (Å²) in [6.45, 7) is 5.68. The molecule has 84 valence electrons. The number of aliphatic hydroxyl groups is 1. The first-order chi connectivity index (χ1) is 6.76. The molecule has 1 unspecified atom stereocenters. The lowest BCUT2D eigenvalue weighted by molar-refractivity contribution is -0.0125. The third-order valence-corrected chi connectivity index (χ3v) is 2.76. The summed E-state index contributed by atoms with van der Waals surface area (Å²) in [5.41, 5.74) is 0. The van der Waals surface area contributed by atoms with Gasteiger partial charge in [0.15, 0.2) is 0 Å². The second kappa shape index (κ2) is 6.38. The van der Waals surface area contributed by atoms with E-state index in [-0.39, 0.29) is 6.10 Å². The lowest BCUT2D eigenvalue weighted by Gasteiger charge is -2.36. The van der Waals surface area contributed by atoms with E-state index in [9.17, 15) is 5.11 Å². The predicted octanol–water partition coefficient (Wildman–Crippen LogP) is 1.30. The van der Waals surface area contributed by atoms with Crippen molar-refractivity contribution in [1.82, 2.24) is 5.32 Å². The Kier molecular flexibility index (Phi) is 5.45. The minimum atomic E-state index is -0.175. The van der Waals surface area contributed by atoms with Gasteiger partial charge in [-0.15, -0.1) is 0 Å². The average Bonchev–Trinajstić information content (AvgIpc) is 2.09. The molecule has 0 heterocycles. The van der Waals surface area contributed by atoms with Gasteiger partial charge in [-0.3, -0.25) is 0 Å². The summed E-state index contributed by atoms with van der Waals surface area (Å²) >= 11 is 0. The fourth-order valence-corrected chi connectivity index (χ4v) is 1.84. The van der Waals surface area contributed by atoms with Crippen LogP contribution in [0.2, 0.25) is 0 Å². The molecule has 1 aliphatic carbocycles. The molecule has 0 spiro atoms. The summed E-state index contributed by atoms with van der Waals surface area (Å²) in [5, 5.41) is 12.9. The zero-order chi connectivity index (χ0) is 10.4. The van der Waals surface area contributed by atoms with Crippen LogP contribution in [0.3, 0.4) is 0 Å². The quantitative estimate of drug-likeness (QED) is 0.652. The molecular formula is C11H23NO2. The topological polar surface area (TPSA) is 41.5 Å². The molecule has 1 rings (SSSR count). The SMILES string of the molecule is CCCC(O)CNC1CC(OCC)C1. The Balaban J connectivity index is 1.95. The van der Waals surface area contributed by atoms with E-state index >= 15 is 0 Å². The van der Waals surface area contributed by atoms with Gasteiger partial charge in [0.25, 0.3) is 0 Å². The molecule has 0 aromatic carbocycles. The fourth-order valence-electron chi connectivity index (χ4n) is 1.84. The Hall–Kier alpha value is -0.120. The molecule has 0 amide bonds. The number of nitrogens with one attached hydrogen (secondary N) is 1. The van der Waals surface area contributed by atoms with E-state index in [4.69, 9.17) is 4.74 Å². The molecule has 1 aliphatic rings. The molecule has 0 aromatic heterocycles. The first kappa shape index (κ1) is 12.0. The van der Waals surface area contributed by atoms with Gasteiger partial charge in [-0.25, -0.2) is 0 Å². The maximum atomic E-state index is 9.49. The number of rotatable bonds is 7. The van der Waals surface area contributed by atoms with Gasteiger partial charge < -0.3 is 15.2 Å². The van der Waals surface area contributed by atoms with Crippen LogP contribution < -0.4 is 5.32 Å². The number of hydrogen-bond donors (Lipinski definition) is 2. The Labute approximate surface area is 86.8 Å². The van der Waals surface area contributed by atoms with E-state index in [1.807, 2.05) is 6.92 Å². The molecule has 1 atom stereocenters. The molecule has 0 radical (unpaired) electrons. The molecule has 3 heteroatoms. The first-order valence-corrected chi connectivity index (χ1v) is 5.79.